The molecule has 1 atom stereocenters. The molecule has 6 nitrogen and oxygen atoms in total. The van der Waals surface area contributed by atoms with Gasteiger partial charge in [0.1, 0.15) is 5.75 Å². The largest absolute Gasteiger partial charge is 0.376 e. The normalized spacial score (nSPS) is 19.3. The number of carbonyl (C=O) groups excluding carboxylic acids is 1. The standard InChI is InChI=1S/C12H16N2O4S/c15-11(14-8-10-4-3-7-18-10)9-19(16,17)12-5-1-2-6-13-12/h1-2,5-6,10H,3-4,7-9H2,(H,14,15)/t10-/m1/s1. The summed E-state index contributed by atoms with van der Waals surface area (Å²) in [7, 11) is -3.67. The van der Waals surface area contributed by atoms with E-state index in [1.54, 1.807) is 12.1 Å². The maximum Gasteiger partial charge on any atom is 0.235 e. The lowest BCUT2D eigenvalue weighted by Crippen LogP contribution is -2.35. The van der Waals surface area contributed by atoms with Crippen LogP contribution in [0.1, 0.15) is 12.8 Å². The molecule has 2 heterocycles. The van der Waals surface area contributed by atoms with Gasteiger partial charge in [0.05, 0.1) is 6.10 Å². The number of aromatic nitrogens is 1. The van der Waals surface area contributed by atoms with Crippen LogP contribution < -0.4 is 5.32 Å². The average Bonchev–Trinajstić information content (AvgIpc) is 2.90. The Balaban J connectivity index is 1.87. The van der Waals surface area contributed by atoms with Gasteiger partial charge in [-0.1, -0.05) is 6.07 Å². The second-order valence-corrected chi connectivity index (χ2v) is 6.30. The van der Waals surface area contributed by atoms with Crippen molar-refractivity contribution >= 4 is 15.7 Å². The minimum Gasteiger partial charge on any atom is -0.376 e. The number of hydrogen-bond donors (Lipinski definition) is 1. The molecule has 2 rings (SSSR count). The molecule has 104 valence electrons. The summed E-state index contributed by atoms with van der Waals surface area (Å²) in [5.74, 6) is -1.11. The van der Waals surface area contributed by atoms with E-state index < -0.39 is 21.5 Å². The minimum atomic E-state index is -3.67. The van der Waals surface area contributed by atoms with Crippen LogP contribution in [0.3, 0.4) is 0 Å². The Bertz CT molecular complexity index is 524. The molecule has 1 aromatic rings. The van der Waals surface area contributed by atoms with Crippen molar-refractivity contribution in [2.24, 2.45) is 0 Å². The quantitative estimate of drug-likeness (QED) is 0.832. The fraction of sp³-hybridized carbons (Fsp3) is 0.500. The molecule has 0 bridgehead atoms. The molecule has 0 radical (unpaired) electrons. The molecule has 0 spiro atoms. The van der Waals surface area contributed by atoms with E-state index in [1.165, 1.54) is 12.3 Å². The lowest BCUT2D eigenvalue weighted by molar-refractivity contribution is -0.119. The van der Waals surface area contributed by atoms with Crippen molar-refractivity contribution in [3.8, 4) is 0 Å². The molecule has 1 aromatic heterocycles. The van der Waals surface area contributed by atoms with Crippen LogP contribution in [0, 0.1) is 0 Å². The third kappa shape index (κ3) is 4.00. The molecule has 1 fully saturated rings. The van der Waals surface area contributed by atoms with Crippen molar-refractivity contribution in [3.05, 3.63) is 24.4 Å². The molecule has 0 aromatic carbocycles. The predicted octanol–water partition coefficient (Wildman–Crippen LogP) is 0.150. The molecule has 0 unspecified atom stereocenters. The third-order valence-electron chi connectivity index (χ3n) is 2.83. The van der Waals surface area contributed by atoms with Crippen molar-refractivity contribution in [2.45, 2.75) is 24.0 Å². The molecule has 1 saturated heterocycles. The van der Waals surface area contributed by atoms with Gasteiger partial charge in [-0.3, -0.25) is 4.79 Å². The van der Waals surface area contributed by atoms with Gasteiger partial charge in [0.15, 0.2) is 5.03 Å². The summed E-state index contributed by atoms with van der Waals surface area (Å²) in [6.07, 6.45) is 3.26. The van der Waals surface area contributed by atoms with Crippen LogP contribution in [0.15, 0.2) is 29.4 Å². The molecule has 0 aliphatic carbocycles. The van der Waals surface area contributed by atoms with Gasteiger partial charge in [0, 0.05) is 19.3 Å². The Labute approximate surface area is 112 Å². The smallest absolute Gasteiger partial charge is 0.235 e. The van der Waals surface area contributed by atoms with E-state index >= 15 is 0 Å². The molecular formula is C12H16N2O4S. The molecule has 1 N–H and O–H groups in total. The van der Waals surface area contributed by atoms with Gasteiger partial charge in [0.25, 0.3) is 0 Å². The molecule has 7 heteroatoms. The summed E-state index contributed by atoms with van der Waals surface area (Å²) in [5.41, 5.74) is 0. The molecule has 1 aliphatic rings. The Hall–Kier alpha value is -1.47. The summed E-state index contributed by atoms with van der Waals surface area (Å²) in [5, 5.41) is 2.50. The van der Waals surface area contributed by atoms with Crippen LogP contribution >= 0.6 is 0 Å². The number of pyridine rings is 1. The molecule has 19 heavy (non-hydrogen) atoms. The van der Waals surface area contributed by atoms with Gasteiger partial charge in [0.2, 0.25) is 15.7 Å². The highest BCUT2D eigenvalue weighted by atomic mass is 32.2. The fourth-order valence-corrected chi connectivity index (χ4v) is 2.96. The fourth-order valence-electron chi connectivity index (χ4n) is 1.86. The highest BCUT2D eigenvalue weighted by molar-refractivity contribution is 7.92. The van der Waals surface area contributed by atoms with E-state index in [4.69, 9.17) is 4.74 Å². The van der Waals surface area contributed by atoms with Crippen LogP contribution in [0.4, 0.5) is 0 Å². The van der Waals surface area contributed by atoms with Crippen LogP contribution in [-0.4, -0.2) is 44.3 Å². The third-order valence-corrected chi connectivity index (χ3v) is 4.35. The van der Waals surface area contributed by atoms with Crippen molar-refractivity contribution in [1.29, 1.82) is 0 Å². The van der Waals surface area contributed by atoms with Gasteiger partial charge in [-0.05, 0) is 25.0 Å². The average molecular weight is 284 g/mol. The zero-order chi connectivity index (χ0) is 13.7. The van der Waals surface area contributed by atoms with E-state index in [9.17, 15) is 13.2 Å². The molecule has 1 amide bonds. The van der Waals surface area contributed by atoms with Gasteiger partial charge >= 0.3 is 0 Å². The summed E-state index contributed by atoms with van der Waals surface area (Å²) in [6.45, 7) is 1.06. The topological polar surface area (TPSA) is 85.4 Å². The number of carbonyl (C=O) groups is 1. The van der Waals surface area contributed by atoms with Crippen molar-refractivity contribution in [3.63, 3.8) is 0 Å². The summed E-state index contributed by atoms with van der Waals surface area (Å²) < 4.78 is 29.1. The second kappa shape index (κ2) is 6.12. The highest BCUT2D eigenvalue weighted by Gasteiger charge is 2.22. The van der Waals surface area contributed by atoms with Crippen LogP contribution in [0.5, 0.6) is 0 Å². The predicted molar refractivity (Wildman–Crippen MR) is 68.3 cm³/mol. The number of amides is 1. The van der Waals surface area contributed by atoms with Gasteiger partial charge in [-0.15, -0.1) is 0 Å². The molecule has 1 aliphatic heterocycles. The van der Waals surface area contributed by atoms with Crippen LogP contribution in [0.2, 0.25) is 0 Å². The zero-order valence-corrected chi connectivity index (χ0v) is 11.2. The van der Waals surface area contributed by atoms with Crippen molar-refractivity contribution in [2.75, 3.05) is 18.9 Å². The number of sulfone groups is 1. The summed E-state index contributed by atoms with van der Waals surface area (Å²) >= 11 is 0. The second-order valence-electron chi connectivity index (χ2n) is 4.37. The lowest BCUT2D eigenvalue weighted by atomic mass is 10.2. The van der Waals surface area contributed by atoms with E-state index in [0.717, 1.165) is 12.8 Å². The number of nitrogens with zero attached hydrogens (tertiary/aromatic N) is 1. The number of rotatable bonds is 5. The van der Waals surface area contributed by atoms with Crippen LogP contribution in [-0.2, 0) is 19.4 Å². The van der Waals surface area contributed by atoms with Crippen molar-refractivity contribution < 1.29 is 17.9 Å². The van der Waals surface area contributed by atoms with Gasteiger partial charge in [-0.2, -0.15) is 0 Å². The van der Waals surface area contributed by atoms with Gasteiger partial charge in [-0.25, -0.2) is 13.4 Å². The van der Waals surface area contributed by atoms with Crippen molar-refractivity contribution in [1.82, 2.24) is 10.3 Å². The van der Waals surface area contributed by atoms with Crippen LogP contribution in [0.25, 0.3) is 0 Å². The molecular weight excluding hydrogens is 268 g/mol. The van der Waals surface area contributed by atoms with E-state index in [0.29, 0.717) is 13.2 Å². The number of nitrogens with one attached hydrogen (secondary N) is 1. The highest BCUT2D eigenvalue weighted by Crippen LogP contribution is 2.11. The SMILES string of the molecule is O=C(CS(=O)(=O)c1ccccn1)NC[C@H]1CCCO1. The first-order valence-electron chi connectivity index (χ1n) is 6.10. The number of ether oxygens (including phenoxy) is 1. The first kappa shape index (κ1) is 14.0. The molecule has 0 saturated carbocycles. The summed E-state index contributed by atoms with van der Waals surface area (Å²) in [6, 6.07) is 4.57. The Morgan fingerprint density at radius 3 is 2.95 bits per heavy atom. The van der Waals surface area contributed by atoms with E-state index in [1.807, 2.05) is 0 Å². The maximum absolute atomic E-state index is 11.9. The first-order valence-corrected chi connectivity index (χ1v) is 7.75. The Morgan fingerprint density at radius 2 is 2.32 bits per heavy atom. The minimum absolute atomic E-state index is 0.00139. The Morgan fingerprint density at radius 1 is 1.47 bits per heavy atom. The first-order chi connectivity index (χ1) is 9.08. The summed E-state index contributed by atoms with van der Waals surface area (Å²) in [4.78, 5) is 15.4. The maximum atomic E-state index is 11.9. The zero-order valence-electron chi connectivity index (χ0n) is 10.4. The van der Waals surface area contributed by atoms with E-state index in [-0.39, 0.29) is 11.1 Å². The lowest BCUT2D eigenvalue weighted by Gasteiger charge is -2.10. The van der Waals surface area contributed by atoms with Gasteiger partial charge < -0.3 is 10.1 Å². The Kier molecular flexibility index (Phi) is 4.49. The number of hydrogen-bond acceptors (Lipinski definition) is 5. The van der Waals surface area contributed by atoms with E-state index in [2.05, 4.69) is 10.3 Å². The monoisotopic (exact) mass is 284 g/mol.